The molecular formula is C23H33N5O3. The quantitative estimate of drug-likeness (QED) is 0.762. The van der Waals surface area contributed by atoms with E-state index in [0.29, 0.717) is 19.8 Å². The van der Waals surface area contributed by atoms with E-state index in [9.17, 15) is 4.79 Å². The van der Waals surface area contributed by atoms with Crippen molar-refractivity contribution in [3.05, 3.63) is 36.2 Å². The van der Waals surface area contributed by atoms with Crippen LogP contribution in [0.4, 0.5) is 5.95 Å². The first-order valence-electron chi connectivity index (χ1n) is 11.1. The van der Waals surface area contributed by atoms with Crippen molar-refractivity contribution in [2.45, 2.75) is 26.3 Å². The number of hydrogen-bond donors (Lipinski definition) is 1. The fourth-order valence-electron chi connectivity index (χ4n) is 4.20. The van der Waals surface area contributed by atoms with Crippen LogP contribution in [-0.4, -0.2) is 66.3 Å². The van der Waals surface area contributed by atoms with Crippen LogP contribution in [0.25, 0.3) is 0 Å². The maximum Gasteiger partial charge on any atom is 0.234 e. The Kier molecular flexibility index (Phi) is 6.65. The molecule has 0 bridgehead atoms. The summed E-state index contributed by atoms with van der Waals surface area (Å²) in [5, 5.41) is 3.24. The number of fused-ring (bicyclic) bond motifs is 1. The van der Waals surface area contributed by atoms with E-state index in [1.54, 1.807) is 0 Å². The molecule has 4 rings (SSSR count). The maximum absolute atomic E-state index is 12.9. The van der Waals surface area contributed by atoms with Gasteiger partial charge in [0, 0.05) is 52.0 Å². The second-order valence-corrected chi connectivity index (χ2v) is 8.65. The van der Waals surface area contributed by atoms with Crippen LogP contribution in [0.1, 0.15) is 31.9 Å². The van der Waals surface area contributed by atoms with Crippen molar-refractivity contribution in [3.63, 3.8) is 0 Å². The second-order valence-electron chi connectivity index (χ2n) is 8.65. The molecule has 31 heavy (non-hydrogen) atoms. The number of hydrogen-bond acceptors (Lipinski definition) is 6. The Bertz CT molecular complexity index is 889. The van der Waals surface area contributed by atoms with Crippen molar-refractivity contribution < 1.29 is 14.3 Å². The molecule has 1 fully saturated rings. The van der Waals surface area contributed by atoms with Gasteiger partial charge in [0.05, 0.1) is 25.8 Å². The van der Waals surface area contributed by atoms with Crippen molar-refractivity contribution in [1.82, 2.24) is 19.8 Å². The van der Waals surface area contributed by atoms with Crippen molar-refractivity contribution in [1.29, 1.82) is 0 Å². The summed E-state index contributed by atoms with van der Waals surface area (Å²) in [5.41, 5.74) is 1.05. The van der Waals surface area contributed by atoms with Crippen LogP contribution in [0, 0.1) is 5.92 Å². The van der Waals surface area contributed by atoms with Crippen molar-refractivity contribution in [2.24, 2.45) is 13.0 Å². The second kappa shape index (κ2) is 9.60. The summed E-state index contributed by atoms with van der Waals surface area (Å²) in [6, 6.07) is 5.92. The van der Waals surface area contributed by atoms with E-state index in [-0.39, 0.29) is 17.9 Å². The molecule has 0 saturated carbocycles. The molecule has 0 radical (unpaired) electrons. The highest BCUT2D eigenvalue weighted by Crippen LogP contribution is 2.34. The summed E-state index contributed by atoms with van der Waals surface area (Å²) in [5.74, 6) is 2.84. The van der Waals surface area contributed by atoms with Crippen molar-refractivity contribution in [3.8, 4) is 11.5 Å². The van der Waals surface area contributed by atoms with Gasteiger partial charge in [0.15, 0.2) is 11.5 Å². The smallest absolute Gasteiger partial charge is 0.234 e. The van der Waals surface area contributed by atoms with E-state index < -0.39 is 0 Å². The highest BCUT2D eigenvalue weighted by atomic mass is 16.5. The van der Waals surface area contributed by atoms with Crippen LogP contribution >= 0.6 is 0 Å². The molecule has 2 aromatic rings. The van der Waals surface area contributed by atoms with Crippen LogP contribution in [0.2, 0.25) is 0 Å². The zero-order valence-corrected chi connectivity index (χ0v) is 18.7. The number of rotatable bonds is 6. The molecular weight excluding hydrogens is 394 g/mol. The van der Waals surface area contributed by atoms with Gasteiger partial charge < -0.3 is 24.3 Å². The van der Waals surface area contributed by atoms with E-state index >= 15 is 0 Å². The first-order valence-corrected chi connectivity index (χ1v) is 11.1. The lowest BCUT2D eigenvalue weighted by atomic mass is 9.95. The largest absolute Gasteiger partial charge is 0.490 e. The van der Waals surface area contributed by atoms with Gasteiger partial charge in [-0.2, -0.15) is 0 Å². The number of amides is 1. The van der Waals surface area contributed by atoms with Crippen LogP contribution in [0.5, 0.6) is 11.5 Å². The lowest BCUT2D eigenvalue weighted by Crippen LogP contribution is -2.50. The Hall–Kier alpha value is -2.74. The van der Waals surface area contributed by atoms with Gasteiger partial charge in [-0.15, -0.1) is 0 Å². The lowest BCUT2D eigenvalue weighted by Gasteiger charge is -2.35. The Morgan fingerprint density at radius 3 is 2.55 bits per heavy atom. The summed E-state index contributed by atoms with van der Waals surface area (Å²) < 4.78 is 13.6. The van der Waals surface area contributed by atoms with E-state index in [4.69, 9.17) is 9.47 Å². The molecule has 2 aliphatic rings. The van der Waals surface area contributed by atoms with Gasteiger partial charge in [0.2, 0.25) is 11.9 Å². The SMILES string of the molecule is CC(C)[C@H](NC(=O)CN1CCN(c2nccn2C)CC1)c1ccc2c(c1)OCCCO2. The van der Waals surface area contributed by atoms with Gasteiger partial charge >= 0.3 is 0 Å². The average Bonchev–Trinajstić information content (AvgIpc) is 3.04. The standard InChI is InChI=1S/C23H33N5O3/c1-17(2)22(18-5-6-19-20(15-18)31-14-4-13-30-19)25-21(29)16-27-9-11-28(12-10-27)23-24-7-8-26(23)3/h5-8,15,17,22H,4,9-14,16H2,1-3H3,(H,25,29)/t22-/m0/s1. The zero-order chi connectivity index (χ0) is 21.8. The van der Waals surface area contributed by atoms with Crippen LogP contribution in [0.3, 0.4) is 0 Å². The van der Waals surface area contributed by atoms with Crippen molar-refractivity contribution >= 4 is 11.9 Å². The number of carbonyl (C=O) groups is 1. The fraction of sp³-hybridized carbons (Fsp3) is 0.565. The van der Waals surface area contributed by atoms with Crippen LogP contribution in [0.15, 0.2) is 30.6 Å². The number of nitrogens with zero attached hydrogens (tertiary/aromatic N) is 4. The fourth-order valence-corrected chi connectivity index (χ4v) is 4.20. The highest BCUT2D eigenvalue weighted by molar-refractivity contribution is 5.78. The lowest BCUT2D eigenvalue weighted by molar-refractivity contribution is -0.123. The average molecular weight is 428 g/mol. The summed E-state index contributed by atoms with van der Waals surface area (Å²) in [6.45, 7) is 9.40. The van der Waals surface area contributed by atoms with Crippen molar-refractivity contribution in [2.75, 3.05) is 50.8 Å². The van der Waals surface area contributed by atoms with E-state index in [2.05, 4.69) is 33.9 Å². The summed E-state index contributed by atoms with van der Waals surface area (Å²) in [7, 11) is 2.01. The van der Waals surface area contributed by atoms with Gasteiger partial charge in [-0.25, -0.2) is 4.98 Å². The molecule has 1 amide bonds. The number of benzene rings is 1. The number of anilines is 1. The number of imidazole rings is 1. The van der Waals surface area contributed by atoms with Gasteiger partial charge in [-0.05, 0) is 23.6 Å². The molecule has 1 atom stereocenters. The maximum atomic E-state index is 12.9. The Morgan fingerprint density at radius 1 is 1.13 bits per heavy atom. The predicted octanol–water partition coefficient (Wildman–Crippen LogP) is 2.22. The molecule has 2 aliphatic heterocycles. The minimum absolute atomic E-state index is 0.0521. The van der Waals surface area contributed by atoms with Gasteiger partial charge in [-0.3, -0.25) is 9.69 Å². The number of ether oxygens (including phenoxy) is 2. The third-order valence-electron chi connectivity index (χ3n) is 5.93. The number of carbonyl (C=O) groups excluding carboxylic acids is 1. The molecule has 3 heterocycles. The van der Waals surface area contributed by atoms with E-state index in [1.807, 2.05) is 42.2 Å². The summed E-state index contributed by atoms with van der Waals surface area (Å²) in [4.78, 5) is 21.8. The molecule has 1 saturated heterocycles. The Labute approximate surface area is 184 Å². The molecule has 0 spiro atoms. The molecule has 1 aromatic carbocycles. The zero-order valence-electron chi connectivity index (χ0n) is 18.7. The van der Waals surface area contributed by atoms with Crippen LogP contribution < -0.4 is 19.7 Å². The first kappa shape index (κ1) is 21.5. The molecule has 1 N–H and O–H groups in total. The number of nitrogens with one attached hydrogen (secondary N) is 1. The summed E-state index contributed by atoms with van der Waals surface area (Å²) >= 11 is 0. The van der Waals surface area contributed by atoms with Gasteiger partial charge in [0.1, 0.15) is 0 Å². The highest BCUT2D eigenvalue weighted by Gasteiger charge is 2.24. The predicted molar refractivity (Wildman–Crippen MR) is 120 cm³/mol. The first-order chi connectivity index (χ1) is 15.0. The Balaban J connectivity index is 1.34. The van der Waals surface area contributed by atoms with E-state index in [1.165, 1.54) is 0 Å². The Morgan fingerprint density at radius 2 is 1.87 bits per heavy atom. The molecule has 8 heteroatoms. The minimum atomic E-state index is -0.0708. The monoisotopic (exact) mass is 427 g/mol. The van der Waals surface area contributed by atoms with Crippen LogP contribution in [-0.2, 0) is 11.8 Å². The summed E-state index contributed by atoms with van der Waals surface area (Å²) in [6.07, 6.45) is 4.66. The third kappa shape index (κ3) is 5.12. The van der Waals surface area contributed by atoms with Gasteiger partial charge in [-0.1, -0.05) is 19.9 Å². The molecule has 8 nitrogen and oxygen atoms in total. The molecule has 0 aliphatic carbocycles. The molecule has 0 unspecified atom stereocenters. The molecule has 1 aromatic heterocycles. The topological polar surface area (TPSA) is 71.9 Å². The van der Waals surface area contributed by atoms with Gasteiger partial charge in [0.25, 0.3) is 0 Å². The number of piperazine rings is 1. The normalized spacial score (nSPS) is 18.0. The number of aromatic nitrogens is 2. The molecule has 168 valence electrons. The number of aryl methyl sites for hydroxylation is 1. The minimum Gasteiger partial charge on any atom is -0.490 e. The van der Waals surface area contributed by atoms with E-state index in [0.717, 1.165) is 55.6 Å². The third-order valence-corrected chi connectivity index (χ3v) is 5.93.